The first-order valence-corrected chi connectivity index (χ1v) is 9.39. The van der Waals surface area contributed by atoms with Gasteiger partial charge in [-0.3, -0.25) is 4.90 Å². The van der Waals surface area contributed by atoms with E-state index in [0.29, 0.717) is 0 Å². The molecule has 0 aromatic rings. The molecule has 1 heterocycles. The van der Waals surface area contributed by atoms with Crippen LogP contribution in [0.4, 0.5) is 9.59 Å². The molecule has 0 unspecified atom stereocenters. The van der Waals surface area contributed by atoms with E-state index in [1.807, 2.05) is 0 Å². The van der Waals surface area contributed by atoms with Gasteiger partial charge in [-0.15, -0.1) is 0 Å². The van der Waals surface area contributed by atoms with Crippen LogP contribution in [-0.2, 0) is 23.7 Å². The predicted octanol–water partition coefficient (Wildman–Crippen LogP) is 1.56. The number of aliphatic hydroxyl groups excluding tert-OH is 1. The van der Waals surface area contributed by atoms with Gasteiger partial charge >= 0.3 is 18.2 Å². The summed E-state index contributed by atoms with van der Waals surface area (Å²) in [6.07, 6.45) is -1.85. The second-order valence-electron chi connectivity index (χ2n) is 7.93. The molecule has 0 saturated carbocycles. The van der Waals surface area contributed by atoms with E-state index in [2.05, 4.69) is 11.9 Å². The second kappa shape index (κ2) is 9.93. The third kappa shape index (κ3) is 6.90. The Morgan fingerprint density at radius 1 is 1.34 bits per heavy atom. The van der Waals surface area contributed by atoms with Gasteiger partial charge in [0.15, 0.2) is 6.04 Å². The predicted molar refractivity (Wildman–Crippen MR) is 103 cm³/mol. The summed E-state index contributed by atoms with van der Waals surface area (Å²) in [5.74, 6) is -0.871. The van der Waals surface area contributed by atoms with Crippen LogP contribution in [0.5, 0.6) is 0 Å². The number of carbonyl (C=O) groups is 3. The van der Waals surface area contributed by atoms with Crippen LogP contribution < -0.4 is 5.32 Å². The summed E-state index contributed by atoms with van der Waals surface area (Å²) in [4.78, 5) is 38.3. The van der Waals surface area contributed by atoms with Gasteiger partial charge in [0.1, 0.15) is 24.0 Å². The first-order valence-electron chi connectivity index (χ1n) is 9.39. The molecule has 10 heteroatoms. The molecule has 0 aliphatic carbocycles. The van der Waals surface area contributed by atoms with E-state index in [0.717, 1.165) is 0 Å². The molecule has 1 saturated heterocycles. The molecule has 3 atom stereocenters. The van der Waals surface area contributed by atoms with Crippen LogP contribution in [0.1, 0.15) is 41.5 Å². The summed E-state index contributed by atoms with van der Waals surface area (Å²) >= 11 is 0. The van der Waals surface area contributed by atoms with Gasteiger partial charge in [-0.05, 0) is 41.5 Å². The molecule has 10 nitrogen and oxygen atoms in total. The lowest BCUT2D eigenvalue weighted by Gasteiger charge is -2.37. The van der Waals surface area contributed by atoms with E-state index < -0.39 is 47.7 Å². The summed E-state index contributed by atoms with van der Waals surface area (Å²) in [6, 6.07) is -2.46. The molecule has 1 rings (SSSR count). The Kier molecular flexibility index (Phi) is 8.46. The Labute approximate surface area is 171 Å². The second-order valence-corrected chi connectivity index (χ2v) is 7.93. The van der Waals surface area contributed by atoms with Crippen molar-refractivity contribution < 1.29 is 38.4 Å². The Morgan fingerprint density at radius 2 is 1.97 bits per heavy atom. The number of nitrogens with one attached hydrogen (secondary N) is 1. The number of aliphatic hydroxyl groups is 1. The van der Waals surface area contributed by atoms with E-state index in [9.17, 15) is 19.5 Å². The van der Waals surface area contributed by atoms with Gasteiger partial charge in [0.2, 0.25) is 0 Å². The van der Waals surface area contributed by atoms with Gasteiger partial charge in [-0.2, -0.15) is 0 Å². The normalized spacial score (nSPS) is 20.4. The van der Waals surface area contributed by atoms with Crippen molar-refractivity contribution in [2.24, 2.45) is 0 Å². The number of alkyl carbamates (subject to hydrolysis) is 1. The zero-order valence-electron chi connectivity index (χ0n) is 17.9. The SMILES string of the molecule is C=CCOC(=O)N[C@H](C(=O)OCC)[C@@H](O)[C@@H]1COC(C)(C)N1C(=O)OC(C)(C)C. The molecule has 0 bridgehead atoms. The monoisotopic (exact) mass is 416 g/mol. The van der Waals surface area contributed by atoms with Crippen molar-refractivity contribution in [3.05, 3.63) is 12.7 Å². The van der Waals surface area contributed by atoms with Gasteiger partial charge in [0, 0.05) is 0 Å². The third-order valence-corrected chi connectivity index (χ3v) is 3.99. The lowest BCUT2D eigenvalue weighted by Crippen LogP contribution is -2.60. The fourth-order valence-corrected chi connectivity index (χ4v) is 2.79. The summed E-state index contributed by atoms with van der Waals surface area (Å²) < 4.78 is 20.8. The van der Waals surface area contributed by atoms with Crippen LogP contribution in [0.3, 0.4) is 0 Å². The Bertz CT molecular complexity index is 614. The summed E-state index contributed by atoms with van der Waals surface area (Å²) in [5, 5.41) is 13.2. The van der Waals surface area contributed by atoms with Crippen molar-refractivity contribution in [2.45, 2.75) is 71.1 Å². The van der Waals surface area contributed by atoms with Gasteiger partial charge in [-0.1, -0.05) is 12.7 Å². The van der Waals surface area contributed by atoms with Crippen molar-refractivity contribution in [1.82, 2.24) is 10.2 Å². The number of hydrogen-bond donors (Lipinski definition) is 2. The van der Waals surface area contributed by atoms with Crippen LogP contribution in [0.25, 0.3) is 0 Å². The molecule has 0 spiro atoms. The van der Waals surface area contributed by atoms with Gasteiger partial charge in [0.05, 0.1) is 19.3 Å². The number of hydrogen-bond acceptors (Lipinski definition) is 8. The van der Waals surface area contributed by atoms with Crippen molar-refractivity contribution >= 4 is 18.2 Å². The van der Waals surface area contributed by atoms with Gasteiger partial charge in [0.25, 0.3) is 0 Å². The fraction of sp³-hybridized carbons (Fsp3) is 0.737. The highest BCUT2D eigenvalue weighted by Gasteiger charge is 2.51. The molecule has 1 fully saturated rings. The van der Waals surface area contributed by atoms with Crippen LogP contribution in [0, 0.1) is 0 Å². The minimum atomic E-state index is -1.54. The maximum atomic E-state index is 12.7. The van der Waals surface area contributed by atoms with Crippen LogP contribution in [0.15, 0.2) is 12.7 Å². The summed E-state index contributed by atoms with van der Waals surface area (Å²) in [6.45, 7) is 13.3. The van der Waals surface area contributed by atoms with Crippen LogP contribution in [0.2, 0.25) is 0 Å². The Hall–Kier alpha value is -2.33. The Morgan fingerprint density at radius 3 is 2.48 bits per heavy atom. The molecular weight excluding hydrogens is 384 g/mol. The number of amides is 2. The average molecular weight is 416 g/mol. The topological polar surface area (TPSA) is 124 Å². The van der Waals surface area contributed by atoms with Gasteiger partial charge in [-0.25, -0.2) is 14.4 Å². The standard InChI is InChI=1S/C19H32N2O8/c1-8-10-27-16(24)20-13(15(23)26-9-2)14(22)12-11-28-19(6,7)21(12)17(25)29-18(3,4)5/h8,12-14,22H,1,9-11H2,2-7H3,(H,20,24)/t12-,13-,14-/m0/s1. The van der Waals surface area contributed by atoms with E-state index in [1.54, 1.807) is 41.5 Å². The van der Waals surface area contributed by atoms with Crippen molar-refractivity contribution in [1.29, 1.82) is 0 Å². The average Bonchev–Trinajstić information content (AvgIpc) is 2.91. The molecule has 1 aliphatic heterocycles. The summed E-state index contributed by atoms with van der Waals surface area (Å²) in [5.41, 5.74) is -1.88. The maximum Gasteiger partial charge on any atom is 0.412 e. The van der Waals surface area contributed by atoms with Crippen molar-refractivity contribution in [2.75, 3.05) is 19.8 Å². The molecule has 0 aromatic carbocycles. The lowest BCUT2D eigenvalue weighted by atomic mass is 10.0. The van der Waals surface area contributed by atoms with E-state index in [-0.39, 0.29) is 19.8 Å². The number of esters is 1. The molecule has 2 amide bonds. The fourth-order valence-electron chi connectivity index (χ4n) is 2.79. The smallest absolute Gasteiger partial charge is 0.412 e. The number of rotatable bonds is 7. The van der Waals surface area contributed by atoms with Crippen molar-refractivity contribution in [3.63, 3.8) is 0 Å². The van der Waals surface area contributed by atoms with Crippen LogP contribution in [-0.4, -0.2) is 77.5 Å². The quantitative estimate of drug-likeness (QED) is 0.364. The first-order chi connectivity index (χ1) is 13.3. The van der Waals surface area contributed by atoms with E-state index in [4.69, 9.17) is 18.9 Å². The molecule has 0 radical (unpaired) electrons. The molecule has 166 valence electrons. The minimum absolute atomic E-state index is 0.0356. The minimum Gasteiger partial charge on any atom is -0.464 e. The maximum absolute atomic E-state index is 12.7. The highest BCUT2D eigenvalue weighted by atomic mass is 16.6. The zero-order chi connectivity index (χ0) is 22.4. The summed E-state index contributed by atoms with van der Waals surface area (Å²) in [7, 11) is 0. The van der Waals surface area contributed by atoms with Crippen molar-refractivity contribution in [3.8, 4) is 0 Å². The van der Waals surface area contributed by atoms with E-state index in [1.165, 1.54) is 11.0 Å². The molecule has 1 aliphatic rings. The lowest BCUT2D eigenvalue weighted by molar-refractivity contribution is -0.150. The van der Waals surface area contributed by atoms with Gasteiger partial charge < -0.3 is 29.4 Å². The number of nitrogens with zero attached hydrogens (tertiary/aromatic N) is 1. The third-order valence-electron chi connectivity index (χ3n) is 3.99. The zero-order valence-corrected chi connectivity index (χ0v) is 17.9. The molecule has 2 N–H and O–H groups in total. The molecular formula is C19H32N2O8. The first kappa shape index (κ1) is 24.7. The molecule has 29 heavy (non-hydrogen) atoms. The van der Waals surface area contributed by atoms with E-state index >= 15 is 0 Å². The number of carbonyl (C=O) groups excluding carboxylic acids is 3. The largest absolute Gasteiger partial charge is 0.464 e. The number of ether oxygens (including phenoxy) is 4. The highest BCUT2D eigenvalue weighted by molar-refractivity contribution is 5.82. The highest BCUT2D eigenvalue weighted by Crippen LogP contribution is 2.31. The molecule has 0 aromatic heterocycles. The van der Waals surface area contributed by atoms with Crippen LogP contribution >= 0.6 is 0 Å². The Balaban J connectivity index is 3.11.